The predicted molar refractivity (Wildman–Crippen MR) is 110 cm³/mol. The number of para-hydroxylation sites is 1. The van der Waals surface area contributed by atoms with Gasteiger partial charge in [-0.05, 0) is 52.1 Å². The zero-order chi connectivity index (χ0) is 18.0. The summed E-state index contributed by atoms with van der Waals surface area (Å²) in [6.45, 7) is 6.76. The van der Waals surface area contributed by atoms with Crippen molar-refractivity contribution in [1.82, 2.24) is 9.88 Å². The quantitative estimate of drug-likeness (QED) is 0.554. The molecule has 2 aromatic carbocycles. The number of benzene rings is 2. The summed E-state index contributed by atoms with van der Waals surface area (Å²) >= 11 is 1.85. The van der Waals surface area contributed by atoms with Crippen molar-refractivity contribution < 1.29 is 0 Å². The number of fused-ring (bicyclic) bond motifs is 1. The topological polar surface area (TPSA) is 16.1 Å². The Bertz CT molecular complexity index is 870. The zero-order valence-corrected chi connectivity index (χ0v) is 16.5. The molecule has 0 atom stereocenters. The van der Waals surface area contributed by atoms with Crippen LogP contribution in [0.3, 0.4) is 0 Å². The third-order valence-electron chi connectivity index (χ3n) is 4.95. The van der Waals surface area contributed by atoms with Crippen LogP contribution < -0.4 is 0 Å². The molecule has 0 aliphatic carbocycles. The fraction of sp³-hybridized carbons (Fsp3) is 0.318. The van der Waals surface area contributed by atoms with E-state index in [1.54, 1.807) is 0 Å². The van der Waals surface area contributed by atoms with Crippen LogP contribution in [0.1, 0.15) is 19.4 Å². The van der Waals surface area contributed by atoms with Crippen molar-refractivity contribution in [3.8, 4) is 11.1 Å². The standard InChI is InChI=1S/C22H26N2S/c1-16-18-13-9-10-14-19(18)23-21(25-15-22(2,3)24(4)5)20(16)17-11-7-6-8-12-17/h6-14H,15H2,1-5H3. The summed E-state index contributed by atoms with van der Waals surface area (Å²) in [6, 6.07) is 19.1. The molecule has 1 heterocycles. The fourth-order valence-electron chi connectivity index (χ4n) is 2.77. The highest BCUT2D eigenvalue weighted by Crippen LogP contribution is 2.37. The number of aryl methyl sites for hydroxylation is 1. The molecule has 0 fully saturated rings. The normalized spacial score (nSPS) is 12.1. The van der Waals surface area contributed by atoms with Crippen LogP contribution in [0.5, 0.6) is 0 Å². The first-order valence-corrected chi connectivity index (χ1v) is 9.64. The minimum Gasteiger partial charge on any atom is -0.303 e. The number of aromatic nitrogens is 1. The second kappa shape index (κ2) is 7.19. The van der Waals surface area contributed by atoms with E-state index in [0.29, 0.717) is 0 Å². The van der Waals surface area contributed by atoms with Crippen molar-refractivity contribution in [2.75, 3.05) is 19.8 Å². The van der Waals surface area contributed by atoms with Crippen molar-refractivity contribution in [1.29, 1.82) is 0 Å². The highest BCUT2D eigenvalue weighted by molar-refractivity contribution is 7.99. The largest absolute Gasteiger partial charge is 0.303 e. The van der Waals surface area contributed by atoms with E-state index >= 15 is 0 Å². The fourth-order valence-corrected chi connectivity index (χ4v) is 4.10. The summed E-state index contributed by atoms with van der Waals surface area (Å²) in [7, 11) is 4.27. The Balaban J connectivity index is 2.12. The molecule has 0 N–H and O–H groups in total. The third-order valence-corrected chi connectivity index (χ3v) is 6.37. The summed E-state index contributed by atoms with van der Waals surface area (Å²) in [6.07, 6.45) is 0. The molecule has 0 aliphatic rings. The van der Waals surface area contributed by atoms with Gasteiger partial charge in [0.05, 0.1) is 5.52 Å². The van der Waals surface area contributed by atoms with Gasteiger partial charge in [0.25, 0.3) is 0 Å². The number of hydrogen-bond donors (Lipinski definition) is 0. The van der Waals surface area contributed by atoms with Crippen molar-refractivity contribution in [2.24, 2.45) is 0 Å². The molecule has 25 heavy (non-hydrogen) atoms. The SMILES string of the molecule is Cc1c(-c2ccccc2)c(SCC(C)(C)N(C)C)nc2ccccc12. The van der Waals surface area contributed by atoms with E-state index in [0.717, 1.165) is 16.3 Å². The predicted octanol–water partition coefficient (Wildman–Crippen LogP) is 5.64. The van der Waals surface area contributed by atoms with Crippen LogP contribution in [-0.2, 0) is 0 Å². The van der Waals surface area contributed by atoms with Crippen LogP contribution in [0, 0.1) is 6.92 Å². The molecule has 0 spiro atoms. The molecule has 0 radical (unpaired) electrons. The smallest absolute Gasteiger partial charge is 0.105 e. The van der Waals surface area contributed by atoms with Gasteiger partial charge in [-0.25, -0.2) is 4.98 Å². The first-order valence-electron chi connectivity index (χ1n) is 8.65. The lowest BCUT2D eigenvalue weighted by atomic mass is 9.99. The Morgan fingerprint density at radius 1 is 0.960 bits per heavy atom. The summed E-state index contributed by atoms with van der Waals surface area (Å²) in [5.41, 5.74) is 4.99. The summed E-state index contributed by atoms with van der Waals surface area (Å²) in [5.74, 6) is 0.991. The number of nitrogens with zero attached hydrogens (tertiary/aromatic N) is 2. The van der Waals surface area contributed by atoms with E-state index in [4.69, 9.17) is 4.98 Å². The molecule has 0 saturated heterocycles. The van der Waals surface area contributed by atoms with Crippen molar-refractivity contribution in [2.45, 2.75) is 31.3 Å². The number of rotatable bonds is 5. The molecule has 130 valence electrons. The van der Waals surface area contributed by atoms with E-state index in [1.807, 2.05) is 11.8 Å². The van der Waals surface area contributed by atoms with Crippen LogP contribution in [-0.4, -0.2) is 35.3 Å². The molecule has 0 aliphatic heterocycles. The van der Waals surface area contributed by atoms with E-state index in [9.17, 15) is 0 Å². The van der Waals surface area contributed by atoms with Gasteiger partial charge >= 0.3 is 0 Å². The van der Waals surface area contributed by atoms with Crippen molar-refractivity contribution >= 4 is 22.7 Å². The lowest BCUT2D eigenvalue weighted by molar-refractivity contribution is 0.224. The molecule has 0 saturated carbocycles. The Labute approximate surface area is 155 Å². The highest BCUT2D eigenvalue weighted by Gasteiger charge is 2.23. The maximum Gasteiger partial charge on any atom is 0.105 e. The van der Waals surface area contributed by atoms with Gasteiger partial charge in [-0.1, -0.05) is 48.5 Å². The molecule has 1 aromatic heterocycles. The van der Waals surface area contributed by atoms with Crippen LogP contribution >= 0.6 is 11.8 Å². The van der Waals surface area contributed by atoms with Crippen LogP contribution in [0.2, 0.25) is 0 Å². The molecule has 0 unspecified atom stereocenters. The first kappa shape index (κ1) is 18.0. The molecule has 2 nitrogen and oxygen atoms in total. The van der Waals surface area contributed by atoms with E-state index < -0.39 is 0 Å². The average Bonchev–Trinajstić information content (AvgIpc) is 2.61. The lowest BCUT2D eigenvalue weighted by Crippen LogP contribution is -2.40. The van der Waals surface area contributed by atoms with Gasteiger partial charge in [-0.3, -0.25) is 0 Å². The van der Waals surface area contributed by atoms with Gasteiger partial charge in [0.15, 0.2) is 0 Å². The summed E-state index contributed by atoms with van der Waals surface area (Å²) in [4.78, 5) is 7.29. The lowest BCUT2D eigenvalue weighted by Gasteiger charge is -2.32. The zero-order valence-electron chi connectivity index (χ0n) is 15.7. The second-order valence-electron chi connectivity index (χ2n) is 7.30. The third kappa shape index (κ3) is 3.73. The number of hydrogen-bond acceptors (Lipinski definition) is 3. The monoisotopic (exact) mass is 350 g/mol. The molecule has 3 aromatic rings. The minimum absolute atomic E-state index is 0.111. The van der Waals surface area contributed by atoms with Gasteiger partial charge < -0.3 is 4.90 Å². The van der Waals surface area contributed by atoms with E-state index in [2.05, 4.69) is 94.4 Å². The number of pyridine rings is 1. The second-order valence-corrected chi connectivity index (χ2v) is 8.26. The van der Waals surface area contributed by atoms with Gasteiger partial charge in [-0.15, -0.1) is 11.8 Å². The molecule has 3 rings (SSSR count). The van der Waals surface area contributed by atoms with Gasteiger partial charge in [0, 0.05) is 22.2 Å². The van der Waals surface area contributed by atoms with Crippen molar-refractivity contribution in [3.05, 3.63) is 60.2 Å². The molecular formula is C22H26N2S. The average molecular weight is 351 g/mol. The van der Waals surface area contributed by atoms with Gasteiger partial charge in [0.1, 0.15) is 5.03 Å². The first-order chi connectivity index (χ1) is 11.9. The summed E-state index contributed by atoms with van der Waals surface area (Å²) in [5, 5.41) is 2.36. The van der Waals surface area contributed by atoms with Crippen LogP contribution in [0.15, 0.2) is 59.6 Å². The maximum atomic E-state index is 5.02. The van der Waals surface area contributed by atoms with Gasteiger partial charge in [-0.2, -0.15) is 0 Å². The highest BCUT2D eigenvalue weighted by atomic mass is 32.2. The van der Waals surface area contributed by atoms with E-state index in [-0.39, 0.29) is 5.54 Å². The minimum atomic E-state index is 0.111. The Morgan fingerprint density at radius 3 is 2.28 bits per heavy atom. The van der Waals surface area contributed by atoms with Gasteiger partial charge in [0.2, 0.25) is 0 Å². The molecular weight excluding hydrogens is 324 g/mol. The molecule has 0 bridgehead atoms. The van der Waals surface area contributed by atoms with Crippen molar-refractivity contribution in [3.63, 3.8) is 0 Å². The Morgan fingerprint density at radius 2 is 1.60 bits per heavy atom. The summed E-state index contributed by atoms with van der Waals surface area (Å²) < 4.78 is 0. The maximum absolute atomic E-state index is 5.02. The van der Waals surface area contributed by atoms with Crippen LogP contribution in [0.4, 0.5) is 0 Å². The Hall–Kier alpha value is -1.84. The number of thioether (sulfide) groups is 1. The van der Waals surface area contributed by atoms with Crippen LogP contribution in [0.25, 0.3) is 22.0 Å². The molecule has 0 amide bonds. The Kier molecular flexibility index (Phi) is 5.16. The van der Waals surface area contributed by atoms with E-state index in [1.165, 1.54) is 22.1 Å². The molecule has 3 heteroatoms.